The van der Waals surface area contributed by atoms with Gasteiger partial charge in [0.15, 0.2) is 11.7 Å². The molecule has 1 amide bonds. The van der Waals surface area contributed by atoms with Crippen LogP contribution < -0.4 is 5.73 Å². The van der Waals surface area contributed by atoms with E-state index in [1.807, 2.05) is 0 Å². The lowest BCUT2D eigenvalue weighted by Crippen LogP contribution is -2.54. The quantitative estimate of drug-likeness (QED) is 0.638. The van der Waals surface area contributed by atoms with E-state index >= 15 is 0 Å². The molecule has 1 fully saturated rings. The first-order valence-electron chi connectivity index (χ1n) is 6.55. The zero-order chi connectivity index (χ0) is 17.1. The molecular weight excluding hydrogens is 307 g/mol. The van der Waals surface area contributed by atoms with Crippen LogP contribution in [0.25, 0.3) is 0 Å². The largest absolute Gasteiger partial charge is 0.406 e. The molecule has 0 radical (unpaired) electrons. The molecule has 8 heteroatoms. The third kappa shape index (κ3) is 4.66. The highest BCUT2D eigenvalue weighted by Gasteiger charge is 2.40. The summed E-state index contributed by atoms with van der Waals surface area (Å²) in [6, 6.07) is -1.20. The minimum atomic E-state index is -4.59. The number of amides is 1. The maximum absolute atomic E-state index is 13.8. The Labute approximate surface area is 124 Å². The van der Waals surface area contributed by atoms with E-state index in [1.54, 1.807) is 0 Å². The van der Waals surface area contributed by atoms with Crippen molar-refractivity contribution in [2.45, 2.75) is 25.6 Å². The summed E-state index contributed by atoms with van der Waals surface area (Å²) >= 11 is 0. The molecule has 1 rings (SSSR count). The monoisotopic (exact) mass is 324 g/mol. The fourth-order valence-corrected chi connectivity index (χ4v) is 2.24. The molecule has 0 aromatic rings. The van der Waals surface area contributed by atoms with Gasteiger partial charge in [0.25, 0.3) is 0 Å². The van der Waals surface area contributed by atoms with Crippen molar-refractivity contribution in [1.29, 1.82) is 0 Å². The molecule has 0 bridgehead atoms. The van der Waals surface area contributed by atoms with Gasteiger partial charge >= 0.3 is 6.18 Å². The highest BCUT2D eigenvalue weighted by Crippen LogP contribution is 2.31. The number of allylic oxidation sites excluding steroid dienone is 4. The van der Waals surface area contributed by atoms with Gasteiger partial charge in [-0.05, 0) is 25.0 Å². The van der Waals surface area contributed by atoms with Crippen LogP contribution in [0.1, 0.15) is 13.3 Å². The Hall–Kier alpha value is -1.70. The average molecular weight is 324 g/mol. The molecule has 2 N–H and O–H groups in total. The lowest BCUT2D eigenvalue weighted by Gasteiger charge is -2.36. The number of alkyl halides is 3. The SMILES string of the molecule is C=C(/C(F)=C(F)\C=C/C)[C@@H]1C[C@H](N)C(=O)N(CC(F)(F)F)C1. The molecule has 1 aliphatic heterocycles. The number of nitrogens with two attached hydrogens (primary N) is 1. The lowest BCUT2D eigenvalue weighted by atomic mass is 9.87. The number of hydrogen-bond acceptors (Lipinski definition) is 2. The van der Waals surface area contributed by atoms with Crippen LogP contribution in [0, 0.1) is 5.92 Å². The van der Waals surface area contributed by atoms with Crippen molar-refractivity contribution in [3.63, 3.8) is 0 Å². The number of carbonyl (C=O) groups excluding carboxylic acids is 1. The maximum Gasteiger partial charge on any atom is 0.406 e. The van der Waals surface area contributed by atoms with Gasteiger partial charge in [0.1, 0.15) is 6.54 Å². The molecule has 1 heterocycles. The highest BCUT2D eigenvalue weighted by molar-refractivity contribution is 5.82. The molecule has 124 valence electrons. The molecule has 2 atom stereocenters. The summed E-state index contributed by atoms with van der Waals surface area (Å²) in [5, 5.41) is 0. The van der Waals surface area contributed by atoms with Crippen LogP contribution in [-0.4, -0.2) is 36.1 Å². The minimum Gasteiger partial charge on any atom is -0.332 e. The summed E-state index contributed by atoms with van der Waals surface area (Å²) < 4.78 is 64.6. The lowest BCUT2D eigenvalue weighted by molar-refractivity contribution is -0.165. The van der Waals surface area contributed by atoms with Crippen molar-refractivity contribution < 1.29 is 26.7 Å². The van der Waals surface area contributed by atoms with E-state index < -0.39 is 48.8 Å². The number of carbonyl (C=O) groups is 1. The summed E-state index contributed by atoms with van der Waals surface area (Å²) in [7, 11) is 0. The van der Waals surface area contributed by atoms with E-state index in [4.69, 9.17) is 5.73 Å². The molecule has 3 nitrogen and oxygen atoms in total. The van der Waals surface area contributed by atoms with Crippen LogP contribution >= 0.6 is 0 Å². The third-order valence-electron chi connectivity index (χ3n) is 3.28. The van der Waals surface area contributed by atoms with Crippen molar-refractivity contribution in [3.8, 4) is 0 Å². The molecule has 0 aromatic heterocycles. The van der Waals surface area contributed by atoms with Crippen molar-refractivity contribution >= 4 is 5.91 Å². The van der Waals surface area contributed by atoms with Gasteiger partial charge < -0.3 is 10.6 Å². The molecule has 0 aliphatic carbocycles. The normalized spacial score (nSPS) is 24.7. The van der Waals surface area contributed by atoms with Gasteiger partial charge in [-0.15, -0.1) is 0 Å². The smallest absolute Gasteiger partial charge is 0.332 e. The summed E-state index contributed by atoms with van der Waals surface area (Å²) in [5.41, 5.74) is 5.20. The Balaban J connectivity index is 2.95. The second kappa shape index (κ2) is 7.04. The van der Waals surface area contributed by atoms with Gasteiger partial charge in [-0.3, -0.25) is 4.79 Å². The van der Waals surface area contributed by atoms with Gasteiger partial charge in [-0.25, -0.2) is 8.78 Å². The fraction of sp³-hybridized carbons (Fsp3) is 0.500. The Morgan fingerprint density at radius 1 is 1.45 bits per heavy atom. The number of rotatable bonds is 4. The number of likely N-dealkylation sites (tertiary alicyclic amines) is 1. The topological polar surface area (TPSA) is 46.3 Å². The van der Waals surface area contributed by atoms with E-state index in [0.29, 0.717) is 4.90 Å². The van der Waals surface area contributed by atoms with Gasteiger partial charge in [0.2, 0.25) is 5.91 Å². The third-order valence-corrected chi connectivity index (χ3v) is 3.28. The van der Waals surface area contributed by atoms with E-state index in [9.17, 15) is 26.7 Å². The Morgan fingerprint density at radius 2 is 2.05 bits per heavy atom. The minimum absolute atomic E-state index is 0.0808. The van der Waals surface area contributed by atoms with Gasteiger partial charge in [0, 0.05) is 12.5 Å². The van der Waals surface area contributed by atoms with E-state index in [-0.39, 0.29) is 12.0 Å². The van der Waals surface area contributed by atoms with Gasteiger partial charge in [-0.2, -0.15) is 13.2 Å². The predicted molar refractivity (Wildman–Crippen MR) is 71.9 cm³/mol. The number of nitrogens with zero attached hydrogens (tertiary/aromatic N) is 1. The summed E-state index contributed by atoms with van der Waals surface area (Å²) in [4.78, 5) is 12.2. The zero-order valence-electron chi connectivity index (χ0n) is 12.0. The van der Waals surface area contributed by atoms with Crippen molar-refractivity contribution in [1.82, 2.24) is 4.90 Å². The van der Waals surface area contributed by atoms with Crippen LogP contribution in [0.4, 0.5) is 22.0 Å². The van der Waals surface area contributed by atoms with Crippen molar-refractivity contribution in [2.75, 3.05) is 13.1 Å². The molecule has 22 heavy (non-hydrogen) atoms. The molecule has 1 saturated heterocycles. The van der Waals surface area contributed by atoms with E-state index in [1.165, 1.54) is 13.0 Å². The molecule has 0 unspecified atom stereocenters. The molecular formula is C14H17F5N2O. The van der Waals surface area contributed by atoms with Crippen molar-refractivity contribution in [3.05, 3.63) is 36.0 Å². The Morgan fingerprint density at radius 3 is 2.55 bits per heavy atom. The summed E-state index contributed by atoms with van der Waals surface area (Å²) in [5.74, 6) is -4.14. The van der Waals surface area contributed by atoms with Crippen LogP contribution in [0.3, 0.4) is 0 Å². The Kier molecular flexibility index (Phi) is 5.87. The second-order valence-electron chi connectivity index (χ2n) is 5.06. The first-order chi connectivity index (χ1) is 10.1. The van der Waals surface area contributed by atoms with Crippen LogP contribution in [0.2, 0.25) is 0 Å². The number of halogens is 5. The number of hydrogen-bond donors (Lipinski definition) is 1. The summed E-state index contributed by atoms with van der Waals surface area (Å²) in [6.07, 6.45) is -2.53. The highest BCUT2D eigenvalue weighted by atomic mass is 19.4. The van der Waals surface area contributed by atoms with Gasteiger partial charge in [0.05, 0.1) is 6.04 Å². The standard InChI is InChI=1S/C14H17F5N2O/c1-3-4-10(15)12(16)8(2)9-5-11(20)13(22)21(6-9)7-14(17,18)19/h3-4,9,11H,2,5-7,20H2,1H3/b4-3-,12-10-/t9-,11+/m1/s1. The first kappa shape index (κ1) is 18.3. The van der Waals surface area contributed by atoms with Crippen LogP contribution in [0.15, 0.2) is 36.0 Å². The van der Waals surface area contributed by atoms with Crippen LogP contribution in [0.5, 0.6) is 0 Å². The molecule has 0 saturated carbocycles. The molecule has 1 aliphatic rings. The zero-order valence-corrected chi connectivity index (χ0v) is 12.0. The van der Waals surface area contributed by atoms with E-state index in [0.717, 1.165) is 6.08 Å². The van der Waals surface area contributed by atoms with Crippen molar-refractivity contribution in [2.24, 2.45) is 11.7 Å². The average Bonchev–Trinajstić information content (AvgIpc) is 2.40. The Bertz CT molecular complexity index is 510. The predicted octanol–water partition coefficient (Wildman–Crippen LogP) is 3.01. The first-order valence-corrected chi connectivity index (χ1v) is 6.55. The maximum atomic E-state index is 13.8. The van der Waals surface area contributed by atoms with E-state index in [2.05, 4.69) is 6.58 Å². The second-order valence-corrected chi connectivity index (χ2v) is 5.06. The fourth-order valence-electron chi connectivity index (χ4n) is 2.24. The van der Waals surface area contributed by atoms with Crippen LogP contribution in [-0.2, 0) is 4.79 Å². The number of piperidine rings is 1. The molecule has 0 spiro atoms. The van der Waals surface area contributed by atoms with Gasteiger partial charge in [-0.1, -0.05) is 12.7 Å². The molecule has 0 aromatic carbocycles. The summed E-state index contributed by atoms with van der Waals surface area (Å²) in [6.45, 7) is 2.99.